The minimum absolute atomic E-state index is 0.0487. The standard InChI is InChI=1S/C11H15NO2/c1-3-5-9(12)10-6-8(4-2)7-11(13)14-10/h4,6-7,9H,2-3,5,12H2,1H3/p+1/t9-/m1/s1. The quantitative estimate of drug-likeness (QED) is 0.786. The molecule has 1 atom stereocenters. The van der Waals surface area contributed by atoms with E-state index in [-0.39, 0.29) is 11.7 Å². The molecule has 1 rings (SSSR count). The lowest BCUT2D eigenvalue weighted by atomic mass is 10.1. The Balaban J connectivity index is 3.02. The summed E-state index contributed by atoms with van der Waals surface area (Å²) < 4.78 is 5.07. The van der Waals surface area contributed by atoms with Crippen molar-refractivity contribution in [2.45, 2.75) is 25.8 Å². The summed E-state index contributed by atoms with van der Waals surface area (Å²) >= 11 is 0. The zero-order valence-corrected chi connectivity index (χ0v) is 8.45. The van der Waals surface area contributed by atoms with E-state index in [0.29, 0.717) is 5.76 Å². The van der Waals surface area contributed by atoms with Crippen LogP contribution < -0.4 is 11.4 Å². The van der Waals surface area contributed by atoms with E-state index in [2.05, 4.69) is 19.2 Å². The van der Waals surface area contributed by atoms with Crippen LogP contribution >= 0.6 is 0 Å². The van der Waals surface area contributed by atoms with E-state index < -0.39 is 0 Å². The fourth-order valence-electron chi connectivity index (χ4n) is 1.33. The van der Waals surface area contributed by atoms with Crippen molar-refractivity contribution in [1.82, 2.24) is 0 Å². The maximum atomic E-state index is 11.1. The average molecular weight is 194 g/mol. The third-order valence-electron chi connectivity index (χ3n) is 2.09. The van der Waals surface area contributed by atoms with Crippen LogP contribution in [-0.2, 0) is 0 Å². The van der Waals surface area contributed by atoms with E-state index >= 15 is 0 Å². The minimum Gasteiger partial charge on any atom is -0.421 e. The Bertz CT molecular complexity index is 368. The predicted molar refractivity (Wildman–Crippen MR) is 55.6 cm³/mol. The molecule has 0 aliphatic heterocycles. The highest BCUT2D eigenvalue weighted by Crippen LogP contribution is 2.13. The summed E-state index contributed by atoms with van der Waals surface area (Å²) in [5, 5.41) is 0. The molecule has 0 aliphatic carbocycles. The Morgan fingerprint density at radius 2 is 2.36 bits per heavy atom. The van der Waals surface area contributed by atoms with Crippen LogP contribution in [0.5, 0.6) is 0 Å². The van der Waals surface area contributed by atoms with Gasteiger partial charge in [0.15, 0.2) is 5.76 Å². The Morgan fingerprint density at radius 1 is 1.64 bits per heavy atom. The number of hydrogen-bond acceptors (Lipinski definition) is 2. The molecule has 14 heavy (non-hydrogen) atoms. The van der Waals surface area contributed by atoms with Gasteiger partial charge in [0, 0.05) is 12.5 Å². The second-order valence-corrected chi connectivity index (χ2v) is 3.30. The molecule has 0 fully saturated rings. The van der Waals surface area contributed by atoms with Gasteiger partial charge >= 0.3 is 5.63 Å². The van der Waals surface area contributed by atoms with E-state index in [1.807, 2.05) is 6.07 Å². The molecule has 76 valence electrons. The summed E-state index contributed by atoms with van der Waals surface area (Å²) in [7, 11) is 0. The van der Waals surface area contributed by atoms with Crippen molar-refractivity contribution in [3.05, 3.63) is 40.5 Å². The molecule has 0 aromatic carbocycles. The minimum atomic E-state index is -0.331. The molecule has 3 heteroatoms. The zero-order chi connectivity index (χ0) is 10.6. The van der Waals surface area contributed by atoms with Gasteiger partial charge in [-0.2, -0.15) is 0 Å². The first-order valence-corrected chi connectivity index (χ1v) is 4.78. The summed E-state index contributed by atoms with van der Waals surface area (Å²) in [4.78, 5) is 11.1. The van der Waals surface area contributed by atoms with Crippen LogP contribution in [0, 0.1) is 0 Å². The molecule has 0 unspecified atom stereocenters. The highest BCUT2D eigenvalue weighted by Gasteiger charge is 2.12. The Labute approximate surface area is 83.2 Å². The third kappa shape index (κ3) is 2.57. The fourth-order valence-corrected chi connectivity index (χ4v) is 1.33. The molecule has 1 aromatic rings. The first kappa shape index (κ1) is 10.7. The molecule has 3 nitrogen and oxygen atoms in total. The van der Waals surface area contributed by atoms with Crippen LogP contribution in [0.4, 0.5) is 0 Å². The van der Waals surface area contributed by atoms with Gasteiger partial charge in [0.2, 0.25) is 0 Å². The smallest absolute Gasteiger partial charge is 0.336 e. The van der Waals surface area contributed by atoms with Gasteiger partial charge in [0.1, 0.15) is 6.04 Å². The summed E-state index contributed by atoms with van der Waals surface area (Å²) in [5.41, 5.74) is 4.41. The molecule has 0 bridgehead atoms. The van der Waals surface area contributed by atoms with E-state index in [1.165, 1.54) is 6.07 Å². The average Bonchev–Trinajstić information content (AvgIpc) is 2.17. The van der Waals surface area contributed by atoms with Crippen LogP contribution in [0.2, 0.25) is 0 Å². The van der Waals surface area contributed by atoms with Crippen LogP contribution in [0.15, 0.2) is 27.9 Å². The molecule has 0 aliphatic rings. The molecule has 0 amide bonds. The molecule has 0 spiro atoms. The van der Waals surface area contributed by atoms with Crippen molar-refractivity contribution in [2.75, 3.05) is 0 Å². The predicted octanol–water partition coefficient (Wildman–Crippen LogP) is 1.37. The Hall–Kier alpha value is -1.35. The normalized spacial score (nSPS) is 12.4. The summed E-state index contributed by atoms with van der Waals surface area (Å²) in [5.74, 6) is 0.647. The molecule has 0 saturated carbocycles. The molecule has 0 radical (unpaired) electrons. The monoisotopic (exact) mass is 194 g/mol. The van der Waals surface area contributed by atoms with Gasteiger partial charge < -0.3 is 10.2 Å². The summed E-state index contributed by atoms with van der Waals surface area (Å²) in [6, 6.07) is 3.30. The highest BCUT2D eigenvalue weighted by atomic mass is 16.4. The number of quaternary nitrogens is 1. The van der Waals surface area contributed by atoms with Gasteiger partial charge in [-0.05, 0) is 11.6 Å². The third-order valence-corrected chi connectivity index (χ3v) is 2.09. The largest absolute Gasteiger partial charge is 0.421 e. The van der Waals surface area contributed by atoms with Crippen molar-refractivity contribution in [3.63, 3.8) is 0 Å². The van der Waals surface area contributed by atoms with Gasteiger partial charge in [-0.3, -0.25) is 0 Å². The van der Waals surface area contributed by atoms with E-state index in [0.717, 1.165) is 18.4 Å². The summed E-state index contributed by atoms with van der Waals surface area (Å²) in [6.45, 7) is 5.69. The second kappa shape index (κ2) is 4.77. The zero-order valence-electron chi connectivity index (χ0n) is 8.45. The highest BCUT2D eigenvalue weighted by molar-refractivity contribution is 5.45. The molecule has 0 saturated heterocycles. The SMILES string of the molecule is C=Cc1cc([C@H]([NH3+])CCC)oc(=O)c1. The lowest BCUT2D eigenvalue weighted by Crippen LogP contribution is -2.53. The van der Waals surface area contributed by atoms with Gasteiger partial charge in [-0.1, -0.05) is 26.0 Å². The van der Waals surface area contributed by atoms with Gasteiger partial charge in [-0.15, -0.1) is 0 Å². The van der Waals surface area contributed by atoms with E-state index in [1.54, 1.807) is 6.08 Å². The first-order valence-electron chi connectivity index (χ1n) is 4.78. The van der Waals surface area contributed by atoms with Crippen molar-refractivity contribution in [1.29, 1.82) is 0 Å². The van der Waals surface area contributed by atoms with Crippen molar-refractivity contribution < 1.29 is 10.2 Å². The lowest BCUT2D eigenvalue weighted by molar-refractivity contribution is -0.432. The molecule has 1 heterocycles. The lowest BCUT2D eigenvalue weighted by Gasteiger charge is -2.05. The fraction of sp³-hybridized carbons (Fsp3) is 0.364. The first-order chi connectivity index (χ1) is 6.67. The Kier molecular flexibility index (Phi) is 3.65. The topological polar surface area (TPSA) is 57.9 Å². The van der Waals surface area contributed by atoms with Crippen LogP contribution in [-0.4, -0.2) is 0 Å². The van der Waals surface area contributed by atoms with Crippen LogP contribution in [0.3, 0.4) is 0 Å². The van der Waals surface area contributed by atoms with Gasteiger partial charge in [0.05, 0.1) is 0 Å². The maximum absolute atomic E-state index is 11.1. The second-order valence-electron chi connectivity index (χ2n) is 3.30. The molecular weight excluding hydrogens is 178 g/mol. The van der Waals surface area contributed by atoms with Crippen LogP contribution in [0.1, 0.15) is 37.1 Å². The van der Waals surface area contributed by atoms with Gasteiger partial charge in [-0.25, -0.2) is 4.79 Å². The molecular formula is C11H16NO2+. The van der Waals surface area contributed by atoms with E-state index in [4.69, 9.17) is 4.42 Å². The number of rotatable bonds is 4. The van der Waals surface area contributed by atoms with Crippen LogP contribution in [0.25, 0.3) is 6.08 Å². The summed E-state index contributed by atoms with van der Waals surface area (Å²) in [6.07, 6.45) is 3.58. The number of hydrogen-bond donors (Lipinski definition) is 1. The van der Waals surface area contributed by atoms with E-state index in [9.17, 15) is 4.79 Å². The van der Waals surface area contributed by atoms with Crippen molar-refractivity contribution in [2.24, 2.45) is 0 Å². The maximum Gasteiger partial charge on any atom is 0.336 e. The van der Waals surface area contributed by atoms with Crippen molar-refractivity contribution in [3.8, 4) is 0 Å². The molecule has 1 aromatic heterocycles. The van der Waals surface area contributed by atoms with Crippen molar-refractivity contribution >= 4 is 6.08 Å². The van der Waals surface area contributed by atoms with Gasteiger partial charge in [0.25, 0.3) is 0 Å². The Morgan fingerprint density at radius 3 is 2.93 bits per heavy atom. The molecule has 3 N–H and O–H groups in total.